The standard InChI is InChI=1S/C34H40N2O6/c1-24-10-8-11-25(22-24)23-35-32(39)34(19-18-29(38)42-33(2,3)4)30(26-12-6-5-7-13-26)41-31(36-34)27-14-16-28(17-15-27)40-21-9-20-37/h5-8,10-17,22,30,37H,9,18-21,23H2,1-4H3,(H,35,39)/t30-,34-/m1/s1. The summed E-state index contributed by atoms with van der Waals surface area (Å²) in [6.45, 7) is 8.21. The molecule has 2 atom stereocenters. The number of aryl methyl sites for hydroxylation is 1. The van der Waals surface area contributed by atoms with Crippen LogP contribution < -0.4 is 10.1 Å². The molecule has 0 saturated heterocycles. The lowest BCUT2D eigenvalue weighted by molar-refractivity contribution is -0.155. The van der Waals surface area contributed by atoms with Crippen LogP contribution in [-0.2, 0) is 25.6 Å². The van der Waals surface area contributed by atoms with E-state index in [0.717, 1.165) is 16.7 Å². The van der Waals surface area contributed by atoms with Crippen molar-refractivity contribution in [1.29, 1.82) is 0 Å². The third-order valence-electron chi connectivity index (χ3n) is 6.80. The number of benzene rings is 3. The molecule has 1 heterocycles. The van der Waals surface area contributed by atoms with Crippen molar-refractivity contribution in [2.24, 2.45) is 4.99 Å². The average molecular weight is 573 g/mol. The number of rotatable bonds is 12. The van der Waals surface area contributed by atoms with E-state index in [1.807, 2.05) is 94.4 Å². The van der Waals surface area contributed by atoms with Crippen molar-refractivity contribution in [2.45, 2.75) is 70.7 Å². The molecule has 1 aliphatic rings. The first-order valence-corrected chi connectivity index (χ1v) is 14.3. The molecule has 222 valence electrons. The van der Waals surface area contributed by atoms with Gasteiger partial charge in [-0.15, -0.1) is 0 Å². The van der Waals surface area contributed by atoms with Crippen LogP contribution in [0, 0.1) is 6.92 Å². The summed E-state index contributed by atoms with van der Waals surface area (Å²) < 4.78 is 17.7. The van der Waals surface area contributed by atoms with Crippen molar-refractivity contribution in [2.75, 3.05) is 13.2 Å². The zero-order valence-electron chi connectivity index (χ0n) is 24.8. The number of ether oxygens (including phenoxy) is 3. The van der Waals surface area contributed by atoms with Crippen LogP contribution in [0.3, 0.4) is 0 Å². The number of aliphatic hydroxyl groups is 1. The smallest absolute Gasteiger partial charge is 0.306 e. The Morgan fingerprint density at radius 3 is 2.43 bits per heavy atom. The maximum absolute atomic E-state index is 14.2. The van der Waals surface area contributed by atoms with Gasteiger partial charge in [0.2, 0.25) is 5.90 Å². The first kappa shape index (κ1) is 30.8. The van der Waals surface area contributed by atoms with E-state index in [9.17, 15) is 9.59 Å². The van der Waals surface area contributed by atoms with Crippen LogP contribution in [-0.4, -0.2) is 47.2 Å². The van der Waals surface area contributed by atoms with Gasteiger partial charge in [-0.3, -0.25) is 9.59 Å². The predicted molar refractivity (Wildman–Crippen MR) is 161 cm³/mol. The summed E-state index contributed by atoms with van der Waals surface area (Å²) >= 11 is 0. The number of aliphatic hydroxyl groups excluding tert-OH is 1. The molecular formula is C34H40N2O6. The number of esters is 1. The second-order valence-electron chi connectivity index (χ2n) is 11.5. The Morgan fingerprint density at radius 2 is 1.76 bits per heavy atom. The number of hydrogen-bond acceptors (Lipinski definition) is 7. The van der Waals surface area contributed by atoms with Gasteiger partial charge in [0.25, 0.3) is 5.91 Å². The van der Waals surface area contributed by atoms with Gasteiger partial charge in [0.15, 0.2) is 11.6 Å². The third-order valence-corrected chi connectivity index (χ3v) is 6.80. The van der Waals surface area contributed by atoms with Crippen LogP contribution in [0.25, 0.3) is 0 Å². The van der Waals surface area contributed by atoms with E-state index in [2.05, 4.69) is 5.32 Å². The van der Waals surface area contributed by atoms with Crippen molar-refractivity contribution in [3.8, 4) is 5.75 Å². The number of carbonyl (C=O) groups is 2. The summed E-state index contributed by atoms with van der Waals surface area (Å²) in [4.78, 5) is 32.0. The highest BCUT2D eigenvalue weighted by atomic mass is 16.6. The van der Waals surface area contributed by atoms with Gasteiger partial charge in [-0.1, -0.05) is 60.2 Å². The first-order valence-electron chi connectivity index (χ1n) is 14.3. The van der Waals surface area contributed by atoms with Crippen LogP contribution in [0.4, 0.5) is 0 Å². The predicted octanol–water partition coefficient (Wildman–Crippen LogP) is 5.45. The largest absolute Gasteiger partial charge is 0.494 e. The van der Waals surface area contributed by atoms with Crippen molar-refractivity contribution in [3.05, 3.63) is 101 Å². The van der Waals surface area contributed by atoms with Gasteiger partial charge in [0, 0.05) is 31.6 Å². The van der Waals surface area contributed by atoms with Crippen LogP contribution in [0.15, 0.2) is 83.9 Å². The summed E-state index contributed by atoms with van der Waals surface area (Å²) in [5.74, 6) is 0.215. The molecule has 3 aromatic carbocycles. The zero-order valence-corrected chi connectivity index (χ0v) is 24.8. The molecule has 0 radical (unpaired) electrons. The number of aliphatic imine (C=N–C) groups is 1. The van der Waals surface area contributed by atoms with Crippen LogP contribution in [0.5, 0.6) is 5.75 Å². The van der Waals surface area contributed by atoms with E-state index in [4.69, 9.17) is 24.3 Å². The van der Waals surface area contributed by atoms with Gasteiger partial charge in [-0.25, -0.2) is 4.99 Å². The molecule has 0 spiro atoms. The summed E-state index contributed by atoms with van der Waals surface area (Å²) in [6.07, 6.45) is -0.161. The second-order valence-corrected chi connectivity index (χ2v) is 11.5. The first-order chi connectivity index (χ1) is 20.1. The monoisotopic (exact) mass is 572 g/mol. The molecule has 8 heteroatoms. The van der Waals surface area contributed by atoms with E-state index >= 15 is 0 Å². The van der Waals surface area contributed by atoms with Gasteiger partial charge in [0.05, 0.1) is 6.61 Å². The molecule has 0 aromatic heterocycles. The van der Waals surface area contributed by atoms with E-state index in [-0.39, 0.29) is 25.4 Å². The highest BCUT2D eigenvalue weighted by Crippen LogP contribution is 2.43. The van der Waals surface area contributed by atoms with Gasteiger partial charge >= 0.3 is 5.97 Å². The van der Waals surface area contributed by atoms with Crippen LogP contribution in [0.2, 0.25) is 0 Å². The minimum atomic E-state index is -1.42. The van der Waals surface area contributed by atoms with Crippen LogP contribution in [0.1, 0.15) is 68.4 Å². The number of carbonyl (C=O) groups excluding carboxylic acids is 2. The number of hydrogen-bond donors (Lipinski definition) is 2. The van der Waals surface area contributed by atoms with Crippen molar-refractivity contribution < 1.29 is 28.9 Å². The van der Waals surface area contributed by atoms with Crippen LogP contribution >= 0.6 is 0 Å². The summed E-state index contributed by atoms with van der Waals surface area (Å²) in [5, 5.41) is 12.1. The minimum Gasteiger partial charge on any atom is -0.494 e. The Hall–Kier alpha value is -4.17. The lowest BCUT2D eigenvalue weighted by Crippen LogP contribution is -2.48. The quantitative estimate of drug-likeness (QED) is 0.221. The molecule has 2 N–H and O–H groups in total. The number of nitrogens with zero attached hydrogens (tertiary/aromatic N) is 1. The molecule has 1 aliphatic heterocycles. The van der Waals surface area contributed by atoms with Gasteiger partial charge in [0.1, 0.15) is 11.4 Å². The number of amides is 1. The fourth-order valence-corrected chi connectivity index (χ4v) is 4.84. The molecule has 42 heavy (non-hydrogen) atoms. The Bertz CT molecular complexity index is 1380. The summed E-state index contributed by atoms with van der Waals surface area (Å²) in [5.41, 5.74) is 1.43. The van der Waals surface area contributed by atoms with Gasteiger partial charge < -0.3 is 24.6 Å². The maximum atomic E-state index is 14.2. The maximum Gasteiger partial charge on any atom is 0.306 e. The Morgan fingerprint density at radius 1 is 1.02 bits per heavy atom. The Kier molecular flexibility index (Phi) is 10.0. The molecule has 0 saturated carbocycles. The zero-order chi connectivity index (χ0) is 30.2. The van der Waals surface area contributed by atoms with Gasteiger partial charge in [-0.2, -0.15) is 0 Å². The minimum absolute atomic E-state index is 0.0176. The van der Waals surface area contributed by atoms with E-state index < -0.39 is 23.2 Å². The fourth-order valence-electron chi connectivity index (χ4n) is 4.84. The lowest BCUT2D eigenvalue weighted by atomic mass is 9.83. The van der Waals surface area contributed by atoms with Crippen molar-refractivity contribution >= 4 is 17.8 Å². The molecule has 0 unspecified atom stereocenters. The number of nitrogens with one attached hydrogen (secondary N) is 1. The summed E-state index contributed by atoms with van der Waals surface area (Å²) in [7, 11) is 0. The molecule has 0 bridgehead atoms. The molecule has 4 rings (SSSR count). The Balaban J connectivity index is 1.69. The van der Waals surface area contributed by atoms with E-state index in [0.29, 0.717) is 36.8 Å². The topological polar surface area (TPSA) is 106 Å². The van der Waals surface area contributed by atoms with Crippen molar-refractivity contribution in [3.63, 3.8) is 0 Å². The second kappa shape index (κ2) is 13.7. The highest BCUT2D eigenvalue weighted by Gasteiger charge is 2.53. The Labute approximate surface area is 247 Å². The molecular weight excluding hydrogens is 532 g/mol. The summed E-state index contributed by atoms with van der Waals surface area (Å²) in [6, 6.07) is 24.7. The average Bonchev–Trinajstić information content (AvgIpc) is 3.36. The molecule has 1 amide bonds. The van der Waals surface area contributed by atoms with E-state index in [1.54, 1.807) is 12.1 Å². The molecule has 0 aliphatic carbocycles. The van der Waals surface area contributed by atoms with Crippen molar-refractivity contribution in [1.82, 2.24) is 5.32 Å². The van der Waals surface area contributed by atoms with E-state index in [1.165, 1.54) is 0 Å². The van der Waals surface area contributed by atoms with Gasteiger partial charge in [-0.05, 0) is 69.5 Å². The SMILES string of the molecule is Cc1cccc(CNC(=O)[C@]2(CCC(=O)OC(C)(C)C)N=C(c3ccc(OCCCO)cc3)O[C@@H]2c2ccccc2)c1. The molecule has 3 aromatic rings. The normalized spacial score (nSPS) is 18.1. The highest BCUT2D eigenvalue weighted by molar-refractivity contribution is 6.01. The molecule has 0 fully saturated rings. The lowest BCUT2D eigenvalue weighted by Gasteiger charge is -2.31. The third kappa shape index (κ3) is 7.97. The fraction of sp³-hybridized carbons (Fsp3) is 0.382. The molecule has 8 nitrogen and oxygen atoms in total.